The van der Waals surface area contributed by atoms with Gasteiger partial charge in [-0.2, -0.15) is 0 Å². The summed E-state index contributed by atoms with van der Waals surface area (Å²) in [5, 5.41) is 12.9. The first-order valence-electron chi connectivity index (χ1n) is 8.12. The second kappa shape index (κ2) is 7.45. The molecular weight excluding hydrogens is 362 g/mol. The van der Waals surface area contributed by atoms with Crippen LogP contribution in [-0.2, 0) is 17.6 Å². The zero-order valence-corrected chi connectivity index (χ0v) is 15.3. The smallest absolute Gasteiger partial charge is 0.341 e. The molecule has 132 valence electrons. The number of amides is 1. The van der Waals surface area contributed by atoms with Gasteiger partial charge in [-0.05, 0) is 56.4 Å². The molecule has 5 nitrogen and oxygen atoms in total. The number of hydrogen-bond acceptors (Lipinski definition) is 5. The van der Waals surface area contributed by atoms with E-state index in [1.54, 1.807) is 6.92 Å². The number of phenols is 1. The number of phenolic OH excluding ortho intramolecular Hbond substituents is 1. The minimum atomic E-state index is -0.402. The third-order valence-corrected chi connectivity index (χ3v) is 5.60. The summed E-state index contributed by atoms with van der Waals surface area (Å²) in [6, 6.07) is 4.24. The van der Waals surface area contributed by atoms with Gasteiger partial charge in [0.25, 0.3) is 5.91 Å². The second-order valence-electron chi connectivity index (χ2n) is 5.76. The number of carbonyl (C=O) groups is 2. The summed E-state index contributed by atoms with van der Waals surface area (Å²) < 4.78 is 5.18. The van der Waals surface area contributed by atoms with Crippen molar-refractivity contribution in [3.63, 3.8) is 0 Å². The Bertz CT molecular complexity index is 831. The van der Waals surface area contributed by atoms with Crippen LogP contribution >= 0.6 is 22.9 Å². The number of thiophene rings is 1. The summed E-state index contributed by atoms with van der Waals surface area (Å²) in [6.07, 6.45) is 3.84. The fourth-order valence-corrected chi connectivity index (χ4v) is 4.35. The summed E-state index contributed by atoms with van der Waals surface area (Å²) in [6.45, 7) is 2.04. The molecule has 2 aromatic rings. The van der Waals surface area contributed by atoms with E-state index in [9.17, 15) is 14.7 Å². The highest BCUT2D eigenvalue weighted by atomic mass is 35.5. The molecule has 1 aromatic carbocycles. The Hall–Kier alpha value is -2.05. The van der Waals surface area contributed by atoms with Crippen molar-refractivity contribution in [1.82, 2.24) is 0 Å². The van der Waals surface area contributed by atoms with Crippen molar-refractivity contribution in [1.29, 1.82) is 0 Å². The number of esters is 1. The van der Waals surface area contributed by atoms with Crippen LogP contribution in [0.15, 0.2) is 18.2 Å². The molecule has 1 heterocycles. The van der Waals surface area contributed by atoms with E-state index in [2.05, 4.69) is 5.32 Å². The lowest BCUT2D eigenvalue weighted by molar-refractivity contribution is 0.0526. The lowest BCUT2D eigenvalue weighted by Crippen LogP contribution is -2.15. The third kappa shape index (κ3) is 3.65. The number of anilines is 1. The highest BCUT2D eigenvalue weighted by Gasteiger charge is 2.27. The maximum Gasteiger partial charge on any atom is 0.341 e. The van der Waals surface area contributed by atoms with Crippen LogP contribution in [0.4, 0.5) is 5.00 Å². The Morgan fingerprint density at radius 2 is 2.08 bits per heavy atom. The van der Waals surface area contributed by atoms with Gasteiger partial charge in [-0.1, -0.05) is 11.6 Å². The van der Waals surface area contributed by atoms with Crippen molar-refractivity contribution in [3.8, 4) is 5.75 Å². The monoisotopic (exact) mass is 379 g/mol. The Balaban J connectivity index is 1.93. The van der Waals surface area contributed by atoms with Crippen LogP contribution in [0.3, 0.4) is 0 Å². The zero-order valence-electron chi connectivity index (χ0n) is 13.7. The predicted molar refractivity (Wildman–Crippen MR) is 98.0 cm³/mol. The molecule has 0 radical (unpaired) electrons. The van der Waals surface area contributed by atoms with Gasteiger partial charge in [0, 0.05) is 10.4 Å². The molecule has 25 heavy (non-hydrogen) atoms. The second-order valence-corrected chi connectivity index (χ2v) is 7.27. The number of carbonyl (C=O) groups excluding carboxylic acids is 2. The average Bonchev–Trinajstić information content (AvgIpc) is 2.95. The Labute approximate surface area is 154 Å². The van der Waals surface area contributed by atoms with Gasteiger partial charge in [0.1, 0.15) is 10.8 Å². The van der Waals surface area contributed by atoms with Crippen molar-refractivity contribution < 1.29 is 19.4 Å². The molecule has 0 unspecified atom stereocenters. The van der Waals surface area contributed by atoms with E-state index in [0.717, 1.165) is 36.1 Å². The Morgan fingerprint density at radius 1 is 1.32 bits per heavy atom. The summed E-state index contributed by atoms with van der Waals surface area (Å²) >= 11 is 7.30. The fraction of sp³-hybridized carbons (Fsp3) is 0.333. The largest absolute Gasteiger partial charge is 0.506 e. The van der Waals surface area contributed by atoms with Gasteiger partial charge in [0.15, 0.2) is 0 Å². The van der Waals surface area contributed by atoms with Gasteiger partial charge in [-0.3, -0.25) is 4.79 Å². The van der Waals surface area contributed by atoms with Crippen LogP contribution in [0.1, 0.15) is 50.9 Å². The first-order valence-corrected chi connectivity index (χ1v) is 9.32. The van der Waals surface area contributed by atoms with Gasteiger partial charge in [0.05, 0.1) is 17.2 Å². The number of halogens is 1. The molecule has 0 saturated heterocycles. The van der Waals surface area contributed by atoms with E-state index < -0.39 is 5.97 Å². The van der Waals surface area contributed by atoms with Gasteiger partial charge in [0.2, 0.25) is 0 Å². The molecule has 1 aliphatic carbocycles. The van der Waals surface area contributed by atoms with E-state index in [1.165, 1.54) is 29.5 Å². The lowest BCUT2D eigenvalue weighted by atomic mass is 9.95. The van der Waals surface area contributed by atoms with E-state index in [4.69, 9.17) is 16.3 Å². The Kier molecular flexibility index (Phi) is 5.30. The normalized spacial score (nSPS) is 13.2. The first kappa shape index (κ1) is 17.8. The maximum absolute atomic E-state index is 12.5. The minimum absolute atomic E-state index is 0.0861. The van der Waals surface area contributed by atoms with Gasteiger partial charge in [-0.15, -0.1) is 11.3 Å². The summed E-state index contributed by atoms with van der Waals surface area (Å²) in [7, 11) is 0. The van der Waals surface area contributed by atoms with Crippen LogP contribution in [0, 0.1) is 0 Å². The van der Waals surface area contributed by atoms with Crippen molar-refractivity contribution in [2.75, 3.05) is 11.9 Å². The number of benzene rings is 1. The van der Waals surface area contributed by atoms with Crippen LogP contribution in [0.25, 0.3) is 0 Å². The van der Waals surface area contributed by atoms with Crippen LogP contribution in [0.2, 0.25) is 5.02 Å². The summed E-state index contributed by atoms with van der Waals surface area (Å²) in [5.41, 5.74) is 1.78. The quantitative estimate of drug-likeness (QED) is 0.771. The number of aryl methyl sites for hydroxylation is 1. The standard InChI is InChI=1S/C18H18ClNO4S/c1-2-24-18(23)15-11-5-3-4-6-14(11)25-17(15)20-16(22)10-7-8-13(21)12(19)9-10/h7-9,21H,2-6H2,1H3,(H,20,22). The summed E-state index contributed by atoms with van der Waals surface area (Å²) in [5.74, 6) is -0.871. The maximum atomic E-state index is 12.5. The molecule has 0 atom stereocenters. The number of nitrogens with one attached hydrogen (secondary N) is 1. The molecule has 0 saturated carbocycles. The number of fused-ring (bicyclic) bond motifs is 1. The van der Waals surface area contributed by atoms with E-state index >= 15 is 0 Å². The molecule has 0 spiro atoms. The van der Waals surface area contributed by atoms with Crippen LogP contribution < -0.4 is 5.32 Å². The van der Waals surface area contributed by atoms with Crippen molar-refractivity contribution >= 4 is 39.8 Å². The van der Waals surface area contributed by atoms with Crippen molar-refractivity contribution in [2.45, 2.75) is 32.6 Å². The highest BCUT2D eigenvalue weighted by molar-refractivity contribution is 7.17. The van der Waals surface area contributed by atoms with Crippen LogP contribution in [-0.4, -0.2) is 23.6 Å². The zero-order chi connectivity index (χ0) is 18.0. The Morgan fingerprint density at radius 3 is 2.80 bits per heavy atom. The molecule has 1 aromatic heterocycles. The molecule has 7 heteroatoms. The predicted octanol–water partition coefficient (Wildman–Crippen LogP) is 4.41. The number of hydrogen-bond donors (Lipinski definition) is 2. The number of ether oxygens (including phenoxy) is 1. The minimum Gasteiger partial charge on any atom is -0.506 e. The van der Waals surface area contributed by atoms with Gasteiger partial charge >= 0.3 is 5.97 Å². The topological polar surface area (TPSA) is 75.6 Å². The molecule has 3 rings (SSSR count). The molecule has 0 aliphatic heterocycles. The number of aromatic hydroxyl groups is 1. The molecule has 2 N–H and O–H groups in total. The van der Waals surface area contributed by atoms with E-state index in [-0.39, 0.29) is 23.3 Å². The molecule has 0 fully saturated rings. The molecular formula is C18H18ClNO4S. The van der Waals surface area contributed by atoms with Gasteiger partial charge in [-0.25, -0.2) is 4.79 Å². The van der Waals surface area contributed by atoms with E-state index in [0.29, 0.717) is 16.1 Å². The first-order chi connectivity index (χ1) is 12.0. The van der Waals surface area contributed by atoms with Gasteiger partial charge < -0.3 is 15.2 Å². The molecule has 1 aliphatic rings. The molecule has 0 bridgehead atoms. The van der Waals surface area contributed by atoms with Crippen LogP contribution in [0.5, 0.6) is 5.75 Å². The third-order valence-electron chi connectivity index (χ3n) is 4.09. The van der Waals surface area contributed by atoms with Crippen molar-refractivity contribution in [2.24, 2.45) is 0 Å². The summed E-state index contributed by atoms with van der Waals surface area (Å²) in [4.78, 5) is 26.1. The average molecular weight is 380 g/mol. The number of rotatable bonds is 4. The highest BCUT2D eigenvalue weighted by Crippen LogP contribution is 2.39. The molecule has 1 amide bonds. The lowest BCUT2D eigenvalue weighted by Gasteiger charge is -2.12. The fourth-order valence-electron chi connectivity index (χ4n) is 2.90. The van der Waals surface area contributed by atoms with Crippen molar-refractivity contribution in [3.05, 3.63) is 44.8 Å². The van der Waals surface area contributed by atoms with E-state index in [1.807, 2.05) is 0 Å². The SMILES string of the molecule is CCOC(=O)c1c(NC(=O)c2ccc(O)c(Cl)c2)sc2c1CCCC2.